The van der Waals surface area contributed by atoms with Crippen LogP contribution in [0.25, 0.3) is 0 Å². The highest BCUT2D eigenvalue weighted by Gasteiger charge is 2.51. The number of aliphatic carboxylic acids is 1. The van der Waals surface area contributed by atoms with Gasteiger partial charge in [0.15, 0.2) is 0 Å². The van der Waals surface area contributed by atoms with Gasteiger partial charge in [-0.25, -0.2) is 9.78 Å². The van der Waals surface area contributed by atoms with E-state index in [4.69, 9.17) is 14.6 Å². The number of aryl methyl sites for hydroxylation is 1. The van der Waals surface area contributed by atoms with E-state index >= 15 is 0 Å². The van der Waals surface area contributed by atoms with Crippen LogP contribution in [0.15, 0.2) is 30.9 Å². The van der Waals surface area contributed by atoms with E-state index in [1.807, 2.05) is 35.7 Å². The Labute approximate surface area is 173 Å². The average Bonchev–Trinajstić information content (AvgIpc) is 3.27. The number of nitrogens with one attached hydrogen (secondary N) is 1. The van der Waals surface area contributed by atoms with Crippen LogP contribution < -0.4 is 4.74 Å². The lowest BCUT2D eigenvalue weighted by atomic mass is 9.92. The molecular weight excluding hydrogens is 425 g/mol. The third kappa shape index (κ3) is 5.04. The van der Waals surface area contributed by atoms with Crippen molar-refractivity contribution >= 4 is 23.6 Å². The highest BCUT2D eigenvalue weighted by Crippen LogP contribution is 2.46. The van der Waals surface area contributed by atoms with E-state index in [2.05, 4.69) is 15.0 Å². The standard InChI is InChI=1S/C16H18N4O2S.C2HF3O2/c1-11-14(19-10-18-11)15(21)20-8-16(9-20)5-13(7-23-16)22-12-3-2-4-17-6-12;3-2(4,5)1(6)7/h2-4,6,10,13H,5,7-9H2,1H3,(H,18,19);(H,6,7). The van der Waals surface area contributed by atoms with Crippen molar-refractivity contribution in [3.05, 3.63) is 42.2 Å². The smallest absolute Gasteiger partial charge is 0.488 e. The molecule has 30 heavy (non-hydrogen) atoms. The average molecular weight is 444 g/mol. The summed E-state index contributed by atoms with van der Waals surface area (Å²) in [5.74, 6) is -0.966. The fourth-order valence-electron chi connectivity index (χ4n) is 3.23. The highest BCUT2D eigenvalue weighted by molar-refractivity contribution is 8.01. The van der Waals surface area contributed by atoms with Crippen LogP contribution in [-0.4, -0.2) is 72.7 Å². The Kier molecular flexibility index (Phi) is 6.25. The number of carboxylic acid groups (broad SMARTS) is 1. The molecule has 2 fully saturated rings. The summed E-state index contributed by atoms with van der Waals surface area (Å²) in [5, 5.41) is 7.12. The summed E-state index contributed by atoms with van der Waals surface area (Å²) >= 11 is 1.91. The van der Waals surface area contributed by atoms with Gasteiger partial charge in [-0.1, -0.05) is 0 Å². The SMILES string of the molecule is Cc1[nH]cnc1C(=O)N1CC2(CC(Oc3cccnc3)CS2)C1.O=C(O)C(F)(F)F. The lowest BCUT2D eigenvalue weighted by Crippen LogP contribution is -2.61. The van der Waals surface area contributed by atoms with Gasteiger partial charge in [0.1, 0.15) is 17.5 Å². The molecule has 0 radical (unpaired) electrons. The number of halogens is 3. The fraction of sp³-hybridized carbons (Fsp3) is 0.444. The molecule has 0 saturated carbocycles. The second kappa shape index (κ2) is 8.54. The van der Waals surface area contributed by atoms with E-state index in [1.54, 1.807) is 18.7 Å². The number of amides is 1. The summed E-state index contributed by atoms with van der Waals surface area (Å²) in [6.45, 7) is 3.42. The molecule has 1 unspecified atom stereocenters. The van der Waals surface area contributed by atoms with Crippen LogP contribution in [0.1, 0.15) is 22.6 Å². The Morgan fingerprint density at radius 1 is 1.40 bits per heavy atom. The van der Waals surface area contributed by atoms with E-state index in [-0.39, 0.29) is 16.8 Å². The summed E-state index contributed by atoms with van der Waals surface area (Å²) < 4.78 is 37.9. The molecule has 1 atom stereocenters. The van der Waals surface area contributed by atoms with Gasteiger partial charge >= 0.3 is 12.1 Å². The van der Waals surface area contributed by atoms with Crippen LogP contribution in [0.4, 0.5) is 13.2 Å². The number of aromatic nitrogens is 3. The Balaban J connectivity index is 0.000000318. The molecule has 1 spiro atoms. The Hall–Kier alpha value is -2.76. The van der Waals surface area contributed by atoms with Crippen LogP contribution in [-0.2, 0) is 4.79 Å². The maximum absolute atomic E-state index is 12.4. The molecular formula is C18H19F3N4O4S. The number of thioether (sulfide) groups is 1. The first kappa shape index (κ1) is 21.9. The van der Waals surface area contributed by atoms with E-state index in [0.717, 1.165) is 36.7 Å². The zero-order valence-corrected chi connectivity index (χ0v) is 16.7. The number of hydrogen-bond acceptors (Lipinski definition) is 6. The van der Waals surface area contributed by atoms with Crippen molar-refractivity contribution in [3.8, 4) is 5.75 Å². The van der Waals surface area contributed by atoms with Crippen molar-refractivity contribution in [2.45, 2.75) is 30.4 Å². The van der Waals surface area contributed by atoms with E-state index < -0.39 is 12.1 Å². The lowest BCUT2D eigenvalue weighted by molar-refractivity contribution is -0.192. The number of carboxylic acids is 1. The van der Waals surface area contributed by atoms with Crippen LogP contribution in [0.5, 0.6) is 5.75 Å². The topological polar surface area (TPSA) is 108 Å². The number of H-pyrrole nitrogens is 1. The fourth-order valence-corrected chi connectivity index (χ4v) is 4.75. The van der Waals surface area contributed by atoms with Gasteiger partial charge in [0.05, 0.1) is 17.3 Å². The first-order valence-corrected chi connectivity index (χ1v) is 9.88. The van der Waals surface area contributed by atoms with Crippen molar-refractivity contribution in [3.63, 3.8) is 0 Å². The van der Waals surface area contributed by atoms with Gasteiger partial charge in [-0.05, 0) is 19.1 Å². The normalized spacial score (nSPS) is 19.6. The molecule has 4 heterocycles. The first-order valence-electron chi connectivity index (χ1n) is 8.90. The molecule has 0 bridgehead atoms. The number of pyridine rings is 1. The Bertz CT molecular complexity index is 900. The van der Waals surface area contributed by atoms with Crippen molar-refractivity contribution in [2.24, 2.45) is 0 Å². The van der Waals surface area contributed by atoms with Gasteiger partial charge in [-0.2, -0.15) is 13.2 Å². The molecule has 2 aliphatic heterocycles. The highest BCUT2D eigenvalue weighted by atomic mass is 32.2. The van der Waals surface area contributed by atoms with Gasteiger partial charge < -0.3 is 19.7 Å². The number of carbonyl (C=O) groups is 2. The van der Waals surface area contributed by atoms with Crippen LogP contribution in [0.2, 0.25) is 0 Å². The predicted octanol–water partition coefficient (Wildman–Crippen LogP) is 2.53. The third-order valence-electron chi connectivity index (χ3n) is 4.63. The maximum atomic E-state index is 12.4. The number of ether oxygens (including phenoxy) is 1. The zero-order chi connectivity index (χ0) is 21.9. The summed E-state index contributed by atoms with van der Waals surface area (Å²) in [5.41, 5.74) is 1.36. The third-order valence-corrected chi connectivity index (χ3v) is 6.21. The van der Waals surface area contributed by atoms with E-state index in [1.165, 1.54) is 0 Å². The van der Waals surface area contributed by atoms with E-state index in [9.17, 15) is 18.0 Å². The van der Waals surface area contributed by atoms with Crippen molar-refractivity contribution in [1.82, 2.24) is 19.9 Å². The molecule has 12 heteroatoms. The molecule has 0 aliphatic carbocycles. The summed E-state index contributed by atoms with van der Waals surface area (Å²) in [6, 6.07) is 3.81. The number of nitrogens with zero attached hydrogens (tertiary/aromatic N) is 3. The summed E-state index contributed by atoms with van der Waals surface area (Å²) in [7, 11) is 0. The number of likely N-dealkylation sites (tertiary alicyclic amines) is 1. The summed E-state index contributed by atoms with van der Waals surface area (Å²) in [4.78, 5) is 34.3. The molecule has 0 aromatic carbocycles. The van der Waals surface area contributed by atoms with Crippen LogP contribution in [0, 0.1) is 6.92 Å². The minimum absolute atomic E-state index is 0.0200. The van der Waals surface area contributed by atoms with Gasteiger partial charge in [-0.3, -0.25) is 9.78 Å². The molecule has 8 nitrogen and oxygen atoms in total. The quantitative estimate of drug-likeness (QED) is 0.749. The lowest BCUT2D eigenvalue weighted by Gasteiger charge is -2.47. The van der Waals surface area contributed by atoms with Gasteiger partial charge in [-0.15, -0.1) is 11.8 Å². The molecule has 2 N–H and O–H groups in total. The largest absolute Gasteiger partial charge is 0.490 e. The van der Waals surface area contributed by atoms with Gasteiger partial charge in [0.25, 0.3) is 5.91 Å². The number of hydrogen-bond donors (Lipinski definition) is 2. The zero-order valence-electron chi connectivity index (χ0n) is 15.8. The molecule has 2 saturated heterocycles. The number of carbonyl (C=O) groups excluding carboxylic acids is 1. The molecule has 1 amide bonds. The molecule has 2 aliphatic rings. The van der Waals surface area contributed by atoms with Gasteiger partial charge in [0, 0.05) is 37.2 Å². The van der Waals surface area contributed by atoms with Crippen LogP contribution in [0.3, 0.4) is 0 Å². The Morgan fingerprint density at radius 3 is 2.63 bits per heavy atom. The van der Waals surface area contributed by atoms with Gasteiger partial charge in [0.2, 0.25) is 0 Å². The maximum Gasteiger partial charge on any atom is 0.490 e. The summed E-state index contributed by atoms with van der Waals surface area (Å²) in [6.07, 6.45) is 1.13. The minimum atomic E-state index is -5.08. The van der Waals surface area contributed by atoms with Crippen molar-refractivity contribution < 1.29 is 32.6 Å². The van der Waals surface area contributed by atoms with Crippen molar-refractivity contribution in [2.75, 3.05) is 18.8 Å². The Morgan fingerprint density at radius 2 is 2.10 bits per heavy atom. The monoisotopic (exact) mass is 444 g/mol. The second-order valence-corrected chi connectivity index (χ2v) is 8.46. The molecule has 2 aromatic rings. The second-order valence-electron chi connectivity index (χ2n) is 6.97. The molecule has 2 aromatic heterocycles. The molecule has 4 rings (SSSR count). The first-order chi connectivity index (χ1) is 14.1. The van der Waals surface area contributed by atoms with E-state index in [0.29, 0.717) is 5.69 Å². The van der Waals surface area contributed by atoms with Crippen LogP contribution >= 0.6 is 11.8 Å². The van der Waals surface area contributed by atoms with Crippen molar-refractivity contribution in [1.29, 1.82) is 0 Å². The number of alkyl halides is 3. The molecule has 162 valence electrons. The number of rotatable bonds is 3. The minimum Gasteiger partial charge on any atom is -0.488 e. The predicted molar refractivity (Wildman–Crippen MR) is 101 cm³/mol. The number of imidazole rings is 1. The number of aromatic amines is 1.